The number of carboxylic acids is 1. The first kappa shape index (κ1) is 17.9. The van der Waals surface area contributed by atoms with Crippen molar-refractivity contribution in [3.05, 3.63) is 30.4 Å². The molecule has 0 saturated carbocycles. The lowest BCUT2D eigenvalue weighted by molar-refractivity contribution is -0.136. The molecule has 0 unspecified atom stereocenters. The Bertz CT molecular complexity index is 513. The SMILES string of the molecule is C=C(C)CN(CCC(=O)O)c1ccc(OCC)c(OCC)c1. The highest BCUT2D eigenvalue weighted by Crippen LogP contribution is 2.32. The van der Waals surface area contributed by atoms with Crippen molar-refractivity contribution < 1.29 is 19.4 Å². The van der Waals surface area contributed by atoms with Crippen LogP contribution >= 0.6 is 0 Å². The summed E-state index contributed by atoms with van der Waals surface area (Å²) in [6.45, 7) is 11.8. The molecule has 0 bridgehead atoms. The molecule has 0 aromatic heterocycles. The van der Waals surface area contributed by atoms with Crippen LogP contribution in [0.25, 0.3) is 0 Å². The van der Waals surface area contributed by atoms with Crippen LogP contribution in [0.3, 0.4) is 0 Å². The first-order valence-electron chi connectivity index (χ1n) is 7.48. The summed E-state index contributed by atoms with van der Waals surface area (Å²) in [5.41, 5.74) is 1.87. The topological polar surface area (TPSA) is 59.0 Å². The van der Waals surface area contributed by atoms with E-state index in [1.165, 1.54) is 0 Å². The van der Waals surface area contributed by atoms with Gasteiger partial charge in [0.15, 0.2) is 11.5 Å². The van der Waals surface area contributed by atoms with Crippen LogP contribution in [0.1, 0.15) is 27.2 Å². The Balaban J connectivity index is 3.03. The van der Waals surface area contributed by atoms with Crippen molar-refractivity contribution in [3.8, 4) is 11.5 Å². The molecule has 1 aromatic carbocycles. The van der Waals surface area contributed by atoms with Gasteiger partial charge in [-0.1, -0.05) is 12.2 Å². The molecule has 0 amide bonds. The van der Waals surface area contributed by atoms with Crippen molar-refractivity contribution in [2.75, 3.05) is 31.2 Å². The maximum atomic E-state index is 10.8. The molecule has 0 fully saturated rings. The van der Waals surface area contributed by atoms with E-state index in [4.69, 9.17) is 14.6 Å². The second-order valence-electron chi connectivity index (χ2n) is 5.02. The van der Waals surface area contributed by atoms with E-state index < -0.39 is 5.97 Å². The third-order valence-corrected chi connectivity index (χ3v) is 2.95. The number of carboxylic acid groups (broad SMARTS) is 1. The summed E-state index contributed by atoms with van der Waals surface area (Å²) in [6, 6.07) is 5.66. The van der Waals surface area contributed by atoms with Gasteiger partial charge in [-0.05, 0) is 32.9 Å². The summed E-state index contributed by atoms with van der Waals surface area (Å²) in [7, 11) is 0. The van der Waals surface area contributed by atoms with Gasteiger partial charge in [0, 0.05) is 24.8 Å². The molecule has 0 spiro atoms. The van der Waals surface area contributed by atoms with E-state index >= 15 is 0 Å². The molecule has 0 saturated heterocycles. The Kier molecular flexibility index (Phi) is 7.29. The molecular formula is C17H25NO4. The van der Waals surface area contributed by atoms with E-state index in [2.05, 4.69) is 6.58 Å². The van der Waals surface area contributed by atoms with E-state index in [1.807, 2.05) is 43.9 Å². The summed E-state index contributed by atoms with van der Waals surface area (Å²) < 4.78 is 11.2. The predicted octanol–water partition coefficient (Wildman–Crippen LogP) is 3.34. The van der Waals surface area contributed by atoms with Crippen molar-refractivity contribution in [1.29, 1.82) is 0 Å². The van der Waals surface area contributed by atoms with Crippen LogP contribution in [-0.2, 0) is 4.79 Å². The Morgan fingerprint density at radius 3 is 2.41 bits per heavy atom. The highest BCUT2D eigenvalue weighted by molar-refractivity contribution is 5.68. The number of hydrogen-bond donors (Lipinski definition) is 1. The van der Waals surface area contributed by atoms with Crippen LogP contribution < -0.4 is 14.4 Å². The molecule has 5 heteroatoms. The number of hydrogen-bond acceptors (Lipinski definition) is 4. The monoisotopic (exact) mass is 307 g/mol. The molecule has 0 radical (unpaired) electrons. The van der Waals surface area contributed by atoms with Gasteiger partial charge in [-0.25, -0.2) is 0 Å². The zero-order valence-corrected chi connectivity index (χ0v) is 13.6. The fourth-order valence-electron chi connectivity index (χ4n) is 2.09. The molecule has 0 aliphatic rings. The molecule has 1 N–H and O–H groups in total. The van der Waals surface area contributed by atoms with Crippen molar-refractivity contribution >= 4 is 11.7 Å². The Morgan fingerprint density at radius 1 is 1.23 bits per heavy atom. The van der Waals surface area contributed by atoms with E-state index in [0.717, 1.165) is 11.3 Å². The normalized spacial score (nSPS) is 10.1. The molecule has 0 atom stereocenters. The second-order valence-corrected chi connectivity index (χ2v) is 5.02. The fourth-order valence-corrected chi connectivity index (χ4v) is 2.09. The summed E-state index contributed by atoms with van der Waals surface area (Å²) in [4.78, 5) is 12.8. The Hall–Kier alpha value is -2.17. The fraction of sp³-hybridized carbons (Fsp3) is 0.471. The van der Waals surface area contributed by atoms with Crippen molar-refractivity contribution in [2.45, 2.75) is 27.2 Å². The number of carbonyl (C=O) groups is 1. The highest BCUT2D eigenvalue weighted by Gasteiger charge is 2.13. The standard InChI is InChI=1S/C17H25NO4/c1-5-21-15-8-7-14(11-16(15)22-6-2)18(12-13(3)4)10-9-17(19)20/h7-8,11H,3,5-6,9-10,12H2,1-2,4H3,(H,19,20). The molecule has 1 aromatic rings. The summed E-state index contributed by atoms with van der Waals surface area (Å²) in [5, 5.41) is 8.90. The van der Waals surface area contributed by atoms with E-state index in [0.29, 0.717) is 37.8 Å². The highest BCUT2D eigenvalue weighted by atomic mass is 16.5. The predicted molar refractivity (Wildman–Crippen MR) is 88.1 cm³/mol. The zero-order chi connectivity index (χ0) is 16.5. The minimum atomic E-state index is -0.817. The van der Waals surface area contributed by atoms with Crippen LogP contribution in [0.15, 0.2) is 30.4 Å². The van der Waals surface area contributed by atoms with E-state index in [-0.39, 0.29) is 6.42 Å². The van der Waals surface area contributed by atoms with Gasteiger partial charge in [0.05, 0.1) is 19.6 Å². The lowest BCUT2D eigenvalue weighted by Gasteiger charge is -2.25. The van der Waals surface area contributed by atoms with Crippen LogP contribution in [-0.4, -0.2) is 37.4 Å². The van der Waals surface area contributed by atoms with Crippen LogP contribution in [0.5, 0.6) is 11.5 Å². The van der Waals surface area contributed by atoms with Gasteiger partial charge < -0.3 is 19.5 Å². The number of rotatable bonds is 10. The minimum absolute atomic E-state index is 0.0739. The average molecular weight is 307 g/mol. The van der Waals surface area contributed by atoms with E-state index in [9.17, 15) is 4.79 Å². The van der Waals surface area contributed by atoms with Gasteiger partial charge in [-0.3, -0.25) is 4.79 Å². The molecule has 5 nitrogen and oxygen atoms in total. The molecule has 0 heterocycles. The van der Waals surface area contributed by atoms with Crippen molar-refractivity contribution in [1.82, 2.24) is 0 Å². The summed E-state index contributed by atoms with van der Waals surface area (Å²) in [6.07, 6.45) is 0.0739. The van der Waals surface area contributed by atoms with Gasteiger partial charge in [-0.2, -0.15) is 0 Å². The van der Waals surface area contributed by atoms with Crippen LogP contribution in [0.4, 0.5) is 5.69 Å². The Morgan fingerprint density at radius 2 is 1.86 bits per heavy atom. The third kappa shape index (κ3) is 5.68. The number of anilines is 1. The lowest BCUT2D eigenvalue weighted by atomic mass is 10.2. The Labute approximate surface area is 132 Å². The molecule has 122 valence electrons. The number of benzene rings is 1. The smallest absolute Gasteiger partial charge is 0.305 e. The molecule has 0 aliphatic carbocycles. The first-order valence-corrected chi connectivity index (χ1v) is 7.48. The van der Waals surface area contributed by atoms with Crippen LogP contribution in [0, 0.1) is 0 Å². The number of nitrogens with zero attached hydrogens (tertiary/aromatic N) is 1. The van der Waals surface area contributed by atoms with Gasteiger partial charge in [0.25, 0.3) is 0 Å². The molecule has 1 rings (SSSR count). The molecule has 22 heavy (non-hydrogen) atoms. The summed E-state index contributed by atoms with van der Waals surface area (Å²) in [5.74, 6) is 0.549. The minimum Gasteiger partial charge on any atom is -0.490 e. The molecular weight excluding hydrogens is 282 g/mol. The number of aliphatic carboxylic acids is 1. The van der Waals surface area contributed by atoms with Crippen molar-refractivity contribution in [2.24, 2.45) is 0 Å². The zero-order valence-electron chi connectivity index (χ0n) is 13.6. The lowest BCUT2D eigenvalue weighted by Crippen LogP contribution is -2.27. The summed E-state index contributed by atoms with van der Waals surface area (Å²) >= 11 is 0. The molecule has 0 aliphatic heterocycles. The van der Waals surface area contributed by atoms with Gasteiger partial charge in [0.1, 0.15) is 0 Å². The van der Waals surface area contributed by atoms with Crippen LogP contribution in [0.2, 0.25) is 0 Å². The second kappa shape index (κ2) is 8.97. The number of ether oxygens (including phenoxy) is 2. The van der Waals surface area contributed by atoms with E-state index in [1.54, 1.807) is 0 Å². The third-order valence-electron chi connectivity index (χ3n) is 2.95. The first-order chi connectivity index (χ1) is 10.5. The quantitative estimate of drug-likeness (QED) is 0.672. The average Bonchev–Trinajstić information content (AvgIpc) is 2.45. The van der Waals surface area contributed by atoms with Gasteiger partial charge >= 0.3 is 5.97 Å². The van der Waals surface area contributed by atoms with Gasteiger partial charge in [0.2, 0.25) is 0 Å². The van der Waals surface area contributed by atoms with Gasteiger partial charge in [-0.15, -0.1) is 0 Å². The maximum absolute atomic E-state index is 10.8. The largest absolute Gasteiger partial charge is 0.490 e. The van der Waals surface area contributed by atoms with Crippen molar-refractivity contribution in [3.63, 3.8) is 0 Å². The maximum Gasteiger partial charge on any atom is 0.305 e.